The molecule has 0 aliphatic carbocycles. The van der Waals surface area contributed by atoms with Gasteiger partial charge in [-0.1, -0.05) is 59.7 Å². The van der Waals surface area contributed by atoms with Gasteiger partial charge in [-0.3, -0.25) is 14.4 Å². The first-order chi connectivity index (χ1) is 14.8. The molecule has 0 bridgehead atoms. The molecule has 0 fully saturated rings. The van der Waals surface area contributed by atoms with E-state index < -0.39 is 17.9 Å². The summed E-state index contributed by atoms with van der Waals surface area (Å²) < 4.78 is 18.5. The molecule has 4 nitrogen and oxygen atoms in total. The predicted octanol–water partition coefficient (Wildman–Crippen LogP) is 5.57. The van der Waals surface area contributed by atoms with Crippen molar-refractivity contribution in [2.75, 3.05) is 0 Å². The van der Waals surface area contributed by atoms with E-state index in [9.17, 15) is 18.8 Å². The second kappa shape index (κ2) is 9.94. The van der Waals surface area contributed by atoms with Gasteiger partial charge in [-0.15, -0.1) is 0 Å². The molecule has 5 heteroatoms. The molecular formula is C26H23FO4. The van der Waals surface area contributed by atoms with Crippen molar-refractivity contribution in [3.63, 3.8) is 0 Å². The van der Waals surface area contributed by atoms with E-state index in [1.807, 2.05) is 38.1 Å². The Labute approximate surface area is 180 Å². The fourth-order valence-corrected chi connectivity index (χ4v) is 3.07. The first-order valence-electron chi connectivity index (χ1n) is 9.99. The number of carbonyl (C=O) groups is 3. The minimum Gasteiger partial charge on any atom is -0.449 e. The molecule has 0 amide bonds. The van der Waals surface area contributed by atoms with Gasteiger partial charge in [0.2, 0.25) is 5.78 Å². The zero-order valence-electron chi connectivity index (χ0n) is 17.4. The Hall–Kier alpha value is -3.60. The third-order valence-corrected chi connectivity index (χ3v) is 4.93. The number of ketones is 2. The fourth-order valence-electron chi connectivity index (χ4n) is 3.07. The summed E-state index contributed by atoms with van der Waals surface area (Å²) in [6.07, 6.45) is -1.37. The van der Waals surface area contributed by atoms with E-state index >= 15 is 0 Å². The Morgan fingerprint density at radius 1 is 0.742 bits per heavy atom. The smallest absolute Gasteiger partial charge is 0.307 e. The minimum atomic E-state index is -1.10. The van der Waals surface area contributed by atoms with Gasteiger partial charge in [-0.05, 0) is 38.1 Å². The van der Waals surface area contributed by atoms with Gasteiger partial charge in [-0.2, -0.15) is 0 Å². The molecule has 31 heavy (non-hydrogen) atoms. The molecule has 0 N–H and O–H groups in total. The second-order valence-electron chi connectivity index (χ2n) is 7.44. The summed E-state index contributed by atoms with van der Waals surface area (Å²) in [5.74, 6) is -1.72. The van der Waals surface area contributed by atoms with Crippen LogP contribution < -0.4 is 0 Å². The van der Waals surface area contributed by atoms with E-state index in [2.05, 4.69) is 0 Å². The highest BCUT2D eigenvalue weighted by molar-refractivity contribution is 6.01. The topological polar surface area (TPSA) is 60.4 Å². The number of benzene rings is 3. The van der Waals surface area contributed by atoms with Crippen molar-refractivity contribution < 1.29 is 23.5 Å². The van der Waals surface area contributed by atoms with Gasteiger partial charge in [0.1, 0.15) is 5.82 Å². The van der Waals surface area contributed by atoms with E-state index in [1.165, 1.54) is 24.3 Å². The van der Waals surface area contributed by atoms with E-state index in [0.717, 1.165) is 11.1 Å². The van der Waals surface area contributed by atoms with Gasteiger partial charge in [0.15, 0.2) is 11.9 Å². The number of carbonyl (C=O) groups excluding carboxylic acids is 3. The van der Waals surface area contributed by atoms with Gasteiger partial charge in [0, 0.05) is 23.1 Å². The molecule has 0 heterocycles. The number of hydrogen-bond donors (Lipinski definition) is 0. The van der Waals surface area contributed by atoms with Crippen LogP contribution in [0.25, 0.3) is 0 Å². The summed E-state index contributed by atoms with van der Waals surface area (Å²) >= 11 is 0. The Morgan fingerprint density at radius 2 is 1.26 bits per heavy atom. The van der Waals surface area contributed by atoms with Crippen molar-refractivity contribution in [3.05, 3.63) is 106 Å². The van der Waals surface area contributed by atoms with Crippen molar-refractivity contribution in [3.8, 4) is 0 Å². The van der Waals surface area contributed by atoms with Crippen LogP contribution in [0.4, 0.5) is 4.39 Å². The highest BCUT2D eigenvalue weighted by atomic mass is 19.1. The molecule has 0 aromatic heterocycles. The number of esters is 1. The van der Waals surface area contributed by atoms with Crippen molar-refractivity contribution in [1.82, 2.24) is 0 Å². The first kappa shape index (κ1) is 22.1. The second-order valence-corrected chi connectivity index (χ2v) is 7.44. The molecule has 0 saturated heterocycles. The summed E-state index contributed by atoms with van der Waals surface area (Å²) in [6.45, 7) is 3.84. The number of aryl methyl sites for hydroxylation is 2. The molecule has 3 aromatic rings. The molecular weight excluding hydrogens is 395 g/mol. The van der Waals surface area contributed by atoms with Gasteiger partial charge in [0.25, 0.3) is 0 Å². The molecule has 0 aliphatic rings. The van der Waals surface area contributed by atoms with Crippen molar-refractivity contribution in [2.45, 2.75) is 32.8 Å². The maximum atomic E-state index is 13.1. The SMILES string of the molecule is Cc1ccc(C(=O)[C@@H](OC(=O)CCC(=O)c2ccc(F)cc2)c2ccc(C)cc2)cc1. The van der Waals surface area contributed by atoms with Crippen LogP contribution in [0.2, 0.25) is 0 Å². The van der Waals surface area contributed by atoms with Crippen molar-refractivity contribution in [2.24, 2.45) is 0 Å². The van der Waals surface area contributed by atoms with E-state index in [4.69, 9.17) is 4.74 Å². The highest BCUT2D eigenvalue weighted by Crippen LogP contribution is 2.24. The summed E-state index contributed by atoms with van der Waals surface area (Å²) in [5.41, 5.74) is 3.35. The lowest BCUT2D eigenvalue weighted by molar-refractivity contribution is -0.147. The zero-order valence-corrected chi connectivity index (χ0v) is 17.4. The average Bonchev–Trinajstić information content (AvgIpc) is 2.77. The molecule has 0 radical (unpaired) electrons. The maximum absolute atomic E-state index is 13.1. The summed E-state index contributed by atoms with van der Waals surface area (Å²) in [6, 6.07) is 19.4. The molecule has 0 unspecified atom stereocenters. The number of hydrogen-bond acceptors (Lipinski definition) is 4. The van der Waals surface area contributed by atoms with Crippen LogP contribution in [-0.4, -0.2) is 17.5 Å². The van der Waals surface area contributed by atoms with Crippen LogP contribution in [-0.2, 0) is 9.53 Å². The Morgan fingerprint density at radius 3 is 1.84 bits per heavy atom. The lowest BCUT2D eigenvalue weighted by atomic mass is 9.98. The Kier molecular flexibility index (Phi) is 7.08. The molecule has 1 atom stereocenters. The molecule has 3 aromatic carbocycles. The zero-order chi connectivity index (χ0) is 22.4. The largest absolute Gasteiger partial charge is 0.449 e. The molecule has 0 aliphatic heterocycles. The maximum Gasteiger partial charge on any atom is 0.307 e. The lowest BCUT2D eigenvalue weighted by Gasteiger charge is -2.18. The van der Waals surface area contributed by atoms with Gasteiger partial charge >= 0.3 is 5.97 Å². The molecule has 158 valence electrons. The minimum absolute atomic E-state index is 0.0934. The molecule has 0 spiro atoms. The summed E-state index contributed by atoms with van der Waals surface area (Å²) in [4.78, 5) is 37.8. The lowest BCUT2D eigenvalue weighted by Crippen LogP contribution is -2.20. The summed E-state index contributed by atoms with van der Waals surface area (Å²) in [5, 5.41) is 0. The fraction of sp³-hybridized carbons (Fsp3) is 0.192. The Balaban J connectivity index is 1.73. The van der Waals surface area contributed by atoms with E-state index in [-0.39, 0.29) is 24.4 Å². The number of rotatable bonds is 8. The molecule has 3 rings (SSSR count). The van der Waals surface area contributed by atoms with Crippen molar-refractivity contribution >= 4 is 17.5 Å². The van der Waals surface area contributed by atoms with Crippen molar-refractivity contribution in [1.29, 1.82) is 0 Å². The average molecular weight is 418 g/mol. The third kappa shape index (κ3) is 5.95. The normalized spacial score (nSPS) is 11.6. The Bertz CT molecular complexity index is 1070. The van der Waals surface area contributed by atoms with E-state index in [1.54, 1.807) is 24.3 Å². The van der Waals surface area contributed by atoms with E-state index in [0.29, 0.717) is 16.7 Å². The quantitative estimate of drug-likeness (QED) is 0.354. The third-order valence-electron chi connectivity index (χ3n) is 4.93. The van der Waals surface area contributed by atoms with Crippen LogP contribution in [0.5, 0.6) is 0 Å². The van der Waals surface area contributed by atoms with Crippen LogP contribution in [0.1, 0.15) is 56.4 Å². The number of halogens is 1. The van der Waals surface area contributed by atoms with Gasteiger partial charge in [0.05, 0.1) is 6.42 Å². The van der Waals surface area contributed by atoms with Crippen LogP contribution >= 0.6 is 0 Å². The van der Waals surface area contributed by atoms with Crippen LogP contribution in [0.3, 0.4) is 0 Å². The standard InChI is InChI=1S/C26H23FO4/c1-17-3-7-20(8-4-17)25(30)26(21-9-5-18(2)6-10-21)31-24(29)16-15-23(28)19-11-13-22(27)14-12-19/h3-14,26H,15-16H2,1-2H3/t26-/m0/s1. The van der Waals surface area contributed by atoms with Gasteiger partial charge < -0.3 is 4.74 Å². The predicted molar refractivity (Wildman–Crippen MR) is 115 cm³/mol. The van der Waals surface area contributed by atoms with Crippen LogP contribution in [0.15, 0.2) is 72.8 Å². The number of ether oxygens (including phenoxy) is 1. The monoisotopic (exact) mass is 418 g/mol. The highest BCUT2D eigenvalue weighted by Gasteiger charge is 2.26. The van der Waals surface area contributed by atoms with Crippen LogP contribution in [0, 0.1) is 19.7 Å². The molecule has 0 saturated carbocycles. The number of Topliss-reactive ketones (excluding diaryl/α,β-unsaturated/α-hetero) is 2. The summed E-state index contributed by atoms with van der Waals surface area (Å²) in [7, 11) is 0. The first-order valence-corrected chi connectivity index (χ1v) is 9.99. The van der Waals surface area contributed by atoms with Gasteiger partial charge in [-0.25, -0.2) is 4.39 Å².